The van der Waals surface area contributed by atoms with Crippen LogP contribution in [0.25, 0.3) is 0 Å². The maximum absolute atomic E-state index is 10.3. The lowest BCUT2D eigenvalue weighted by Crippen LogP contribution is -2.22. The van der Waals surface area contributed by atoms with E-state index in [1.165, 1.54) is 0 Å². The summed E-state index contributed by atoms with van der Waals surface area (Å²) in [5.74, 6) is 0.831. The average Bonchev–Trinajstić information content (AvgIpc) is 2.35. The largest absolute Gasteiger partial charge is 0.497 e. The van der Waals surface area contributed by atoms with Crippen LogP contribution in [-0.2, 0) is 0 Å². The second-order valence-corrected chi connectivity index (χ2v) is 4.97. The number of aliphatic hydroxyl groups is 1. The molecule has 17 heavy (non-hydrogen) atoms. The first kappa shape index (κ1) is 14.5. The molecule has 4 heteroatoms. The molecule has 0 heterocycles. The summed E-state index contributed by atoms with van der Waals surface area (Å²) in [5, 5.41) is 10.3. The average molecular weight is 302 g/mol. The standard InChI is InChI=1S/C13H20BrNO2/c1-3-4-9(8-15)13(16)11-7-10(17-2)5-6-12(11)14/h5-7,9,13,16H,3-4,8,15H2,1-2H3. The van der Waals surface area contributed by atoms with Gasteiger partial charge in [-0.25, -0.2) is 0 Å². The molecule has 2 unspecified atom stereocenters. The minimum Gasteiger partial charge on any atom is -0.497 e. The zero-order valence-electron chi connectivity index (χ0n) is 10.3. The Labute approximate surface area is 111 Å². The number of aliphatic hydroxyl groups excluding tert-OH is 1. The third-order valence-electron chi connectivity index (χ3n) is 2.93. The van der Waals surface area contributed by atoms with Gasteiger partial charge in [-0.2, -0.15) is 0 Å². The van der Waals surface area contributed by atoms with Crippen molar-refractivity contribution in [2.24, 2.45) is 11.7 Å². The first-order valence-electron chi connectivity index (χ1n) is 5.85. The lowest BCUT2D eigenvalue weighted by molar-refractivity contribution is 0.106. The summed E-state index contributed by atoms with van der Waals surface area (Å²) in [7, 11) is 1.62. The van der Waals surface area contributed by atoms with Gasteiger partial charge in [0.2, 0.25) is 0 Å². The van der Waals surface area contributed by atoms with Gasteiger partial charge in [-0.1, -0.05) is 29.3 Å². The molecule has 96 valence electrons. The predicted molar refractivity (Wildman–Crippen MR) is 73.1 cm³/mol. The molecule has 1 aromatic rings. The Morgan fingerprint density at radius 3 is 2.71 bits per heavy atom. The Bertz CT molecular complexity index is 357. The van der Waals surface area contributed by atoms with Gasteiger partial charge in [-0.3, -0.25) is 0 Å². The number of ether oxygens (including phenoxy) is 1. The number of methoxy groups -OCH3 is 1. The van der Waals surface area contributed by atoms with E-state index in [1.54, 1.807) is 7.11 Å². The molecule has 0 aliphatic carbocycles. The van der Waals surface area contributed by atoms with Crippen molar-refractivity contribution >= 4 is 15.9 Å². The number of nitrogens with two attached hydrogens (primary N) is 1. The minimum atomic E-state index is -0.551. The van der Waals surface area contributed by atoms with Crippen molar-refractivity contribution in [3.8, 4) is 5.75 Å². The lowest BCUT2D eigenvalue weighted by atomic mass is 9.92. The van der Waals surface area contributed by atoms with Gasteiger partial charge in [0.05, 0.1) is 13.2 Å². The van der Waals surface area contributed by atoms with Crippen LogP contribution in [0, 0.1) is 5.92 Å². The van der Waals surface area contributed by atoms with E-state index in [0.717, 1.165) is 28.6 Å². The molecular weight excluding hydrogens is 282 g/mol. The molecule has 0 bridgehead atoms. The fraction of sp³-hybridized carbons (Fsp3) is 0.538. The van der Waals surface area contributed by atoms with Crippen LogP contribution in [0.2, 0.25) is 0 Å². The van der Waals surface area contributed by atoms with Crippen LogP contribution in [0.15, 0.2) is 22.7 Å². The van der Waals surface area contributed by atoms with Gasteiger partial charge in [0.25, 0.3) is 0 Å². The Kier molecular flexibility index (Phi) is 5.95. The molecule has 3 nitrogen and oxygen atoms in total. The molecule has 0 saturated heterocycles. The van der Waals surface area contributed by atoms with E-state index in [2.05, 4.69) is 22.9 Å². The second-order valence-electron chi connectivity index (χ2n) is 4.12. The highest BCUT2D eigenvalue weighted by atomic mass is 79.9. The predicted octanol–water partition coefficient (Wildman–Crippen LogP) is 2.87. The Morgan fingerprint density at radius 2 is 2.18 bits per heavy atom. The first-order valence-corrected chi connectivity index (χ1v) is 6.64. The lowest BCUT2D eigenvalue weighted by Gasteiger charge is -2.22. The molecular formula is C13H20BrNO2. The molecule has 0 spiro atoms. The van der Waals surface area contributed by atoms with Gasteiger partial charge < -0.3 is 15.6 Å². The van der Waals surface area contributed by atoms with E-state index in [1.807, 2.05) is 18.2 Å². The van der Waals surface area contributed by atoms with Gasteiger partial charge in [-0.05, 0) is 36.7 Å². The van der Waals surface area contributed by atoms with Crippen molar-refractivity contribution < 1.29 is 9.84 Å². The zero-order valence-corrected chi connectivity index (χ0v) is 11.9. The topological polar surface area (TPSA) is 55.5 Å². The van der Waals surface area contributed by atoms with Crippen molar-refractivity contribution in [1.82, 2.24) is 0 Å². The van der Waals surface area contributed by atoms with E-state index in [0.29, 0.717) is 6.54 Å². The number of halogens is 1. The summed E-state index contributed by atoms with van der Waals surface area (Å²) in [4.78, 5) is 0. The zero-order chi connectivity index (χ0) is 12.8. The molecule has 0 amide bonds. The Morgan fingerprint density at radius 1 is 1.47 bits per heavy atom. The number of rotatable bonds is 6. The van der Waals surface area contributed by atoms with Gasteiger partial charge in [-0.15, -0.1) is 0 Å². The summed E-state index contributed by atoms with van der Waals surface area (Å²) < 4.78 is 6.06. The Hall–Kier alpha value is -0.580. The summed E-state index contributed by atoms with van der Waals surface area (Å²) in [6.07, 6.45) is 1.38. The van der Waals surface area contributed by atoms with Crippen LogP contribution in [-0.4, -0.2) is 18.8 Å². The van der Waals surface area contributed by atoms with Crippen LogP contribution in [0.4, 0.5) is 0 Å². The molecule has 0 saturated carbocycles. The van der Waals surface area contributed by atoms with Gasteiger partial charge in [0.15, 0.2) is 0 Å². The SMILES string of the molecule is CCCC(CN)C(O)c1cc(OC)ccc1Br. The minimum absolute atomic E-state index is 0.0865. The van der Waals surface area contributed by atoms with Gasteiger partial charge >= 0.3 is 0 Å². The van der Waals surface area contributed by atoms with E-state index >= 15 is 0 Å². The van der Waals surface area contributed by atoms with E-state index in [-0.39, 0.29) is 5.92 Å². The number of hydrogen-bond acceptors (Lipinski definition) is 3. The fourth-order valence-electron chi connectivity index (χ4n) is 1.90. The molecule has 0 aromatic heterocycles. The van der Waals surface area contributed by atoms with Crippen molar-refractivity contribution in [3.05, 3.63) is 28.2 Å². The highest BCUT2D eigenvalue weighted by Crippen LogP contribution is 2.33. The number of hydrogen-bond donors (Lipinski definition) is 2. The van der Waals surface area contributed by atoms with Crippen LogP contribution in [0.1, 0.15) is 31.4 Å². The summed E-state index contributed by atoms with van der Waals surface area (Å²) >= 11 is 3.45. The molecule has 3 N–H and O–H groups in total. The maximum Gasteiger partial charge on any atom is 0.119 e. The normalized spacial score (nSPS) is 14.4. The van der Waals surface area contributed by atoms with Crippen molar-refractivity contribution in [1.29, 1.82) is 0 Å². The molecule has 0 aliphatic heterocycles. The monoisotopic (exact) mass is 301 g/mol. The van der Waals surface area contributed by atoms with E-state index in [9.17, 15) is 5.11 Å². The molecule has 0 radical (unpaired) electrons. The molecule has 1 aromatic carbocycles. The van der Waals surface area contributed by atoms with Crippen LogP contribution in [0.5, 0.6) is 5.75 Å². The van der Waals surface area contributed by atoms with Gasteiger partial charge in [0.1, 0.15) is 5.75 Å². The van der Waals surface area contributed by atoms with Crippen molar-refractivity contribution in [2.45, 2.75) is 25.9 Å². The maximum atomic E-state index is 10.3. The smallest absolute Gasteiger partial charge is 0.119 e. The van der Waals surface area contributed by atoms with Crippen LogP contribution < -0.4 is 10.5 Å². The third kappa shape index (κ3) is 3.69. The summed E-state index contributed by atoms with van der Waals surface area (Å²) in [6.45, 7) is 2.58. The van der Waals surface area contributed by atoms with Gasteiger partial charge in [0, 0.05) is 10.4 Å². The van der Waals surface area contributed by atoms with Crippen LogP contribution >= 0.6 is 15.9 Å². The van der Waals surface area contributed by atoms with E-state index < -0.39 is 6.10 Å². The molecule has 0 fully saturated rings. The highest BCUT2D eigenvalue weighted by molar-refractivity contribution is 9.10. The quantitative estimate of drug-likeness (QED) is 0.849. The second kappa shape index (κ2) is 6.99. The summed E-state index contributed by atoms with van der Waals surface area (Å²) in [6, 6.07) is 5.60. The highest BCUT2D eigenvalue weighted by Gasteiger charge is 2.21. The molecule has 1 rings (SSSR count). The number of benzene rings is 1. The van der Waals surface area contributed by atoms with Crippen LogP contribution in [0.3, 0.4) is 0 Å². The molecule has 0 aliphatic rings. The summed E-state index contributed by atoms with van der Waals surface area (Å²) in [5.41, 5.74) is 6.55. The third-order valence-corrected chi connectivity index (χ3v) is 3.65. The molecule has 2 atom stereocenters. The Balaban J connectivity index is 2.96. The van der Waals surface area contributed by atoms with Crippen molar-refractivity contribution in [2.75, 3.05) is 13.7 Å². The first-order chi connectivity index (χ1) is 8.13. The fourth-order valence-corrected chi connectivity index (χ4v) is 2.39. The van der Waals surface area contributed by atoms with Crippen molar-refractivity contribution in [3.63, 3.8) is 0 Å². The van der Waals surface area contributed by atoms with E-state index in [4.69, 9.17) is 10.5 Å².